The Kier molecular flexibility index (Phi) is 4.92. The molecule has 1 aromatic carbocycles. The Hall–Kier alpha value is -3.91. The highest BCUT2D eigenvalue weighted by molar-refractivity contribution is 5.76. The Balaban J connectivity index is 1.35. The minimum Gasteiger partial charge on any atom is -0.495 e. The third-order valence-corrected chi connectivity index (χ3v) is 6.08. The van der Waals surface area contributed by atoms with Crippen molar-refractivity contribution in [1.29, 1.82) is 0 Å². The van der Waals surface area contributed by atoms with Crippen LogP contribution in [0, 0.1) is 0 Å². The molecule has 0 radical (unpaired) electrons. The number of allylic oxidation sites excluding steroid dienone is 1. The number of hydrogen-bond donors (Lipinski definition) is 1. The van der Waals surface area contributed by atoms with Gasteiger partial charge in [0.05, 0.1) is 37.4 Å². The van der Waals surface area contributed by atoms with E-state index in [1.807, 2.05) is 35.1 Å². The molecule has 2 aliphatic rings. The minimum atomic E-state index is 0.678. The summed E-state index contributed by atoms with van der Waals surface area (Å²) in [5.74, 6) is 1.49. The molecule has 1 fully saturated rings. The van der Waals surface area contributed by atoms with Crippen LogP contribution in [-0.4, -0.2) is 52.8 Å². The first kappa shape index (κ1) is 19.8. The maximum Gasteiger partial charge on any atom is 0.180 e. The first-order chi connectivity index (χ1) is 16.3. The average molecular weight is 441 g/mol. The maximum atomic E-state index is 5.71. The third kappa shape index (κ3) is 3.68. The number of methoxy groups -OCH3 is 1. The Morgan fingerprint density at radius 3 is 2.91 bits per heavy atom. The first-order valence-corrected chi connectivity index (χ1v) is 11.1. The van der Waals surface area contributed by atoms with Gasteiger partial charge in [-0.1, -0.05) is 6.08 Å². The third-order valence-electron chi connectivity index (χ3n) is 6.08. The molecule has 0 bridgehead atoms. The summed E-state index contributed by atoms with van der Waals surface area (Å²) in [4.78, 5) is 16.3. The zero-order valence-corrected chi connectivity index (χ0v) is 18.4. The molecule has 0 unspecified atom stereocenters. The van der Waals surface area contributed by atoms with Crippen LogP contribution in [0.4, 0.5) is 17.2 Å². The fourth-order valence-electron chi connectivity index (χ4n) is 4.38. The zero-order chi connectivity index (χ0) is 22.2. The number of fused-ring (bicyclic) bond motifs is 2. The van der Waals surface area contributed by atoms with E-state index in [2.05, 4.69) is 44.5 Å². The summed E-state index contributed by atoms with van der Waals surface area (Å²) < 4.78 is 13.2. The molecule has 8 nitrogen and oxygen atoms in total. The lowest BCUT2D eigenvalue weighted by atomic mass is 10.1. The number of rotatable bonds is 5. The highest BCUT2D eigenvalue weighted by Crippen LogP contribution is 2.34. The van der Waals surface area contributed by atoms with Crippen molar-refractivity contribution in [1.82, 2.24) is 19.4 Å². The normalized spacial score (nSPS) is 15.1. The van der Waals surface area contributed by atoms with Gasteiger partial charge in [0, 0.05) is 55.2 Å². The van der Waals surface area contributed by atoms with Gasteiger partial charge in [-0.2, -0.15) is 0 Å². The molecule has 0 amide bonds. The van der Waals surface area contributed by atoms with Crippen LogP contribution in [0.15, 0.2) is 55.1 Å². The van der Waals surface area contributed by atoms with Gasteiger partial charge < -0.3 is 24.1 Å². The number of nitrogens with zero attached hydrogens (tertiary/aromatic N) is 5. The van der Waals surface area contributed by atoms with Gasteiger partial charge in [-0.3, -0.25) is 4.98 Å². The van der Waals surface area contributed by atoms with Crippen LogP contribution in [0.2, 0.25) is 0 Å². The van der Waals surface area contributed by atoms with Crippen LogP contribution in [0.25, 0.3) is 23.0 Å². The lowest BCUT2D eigenvalue weighted by Crippen LogP contribution is -2.36. The van der Waals surface area contributed by atoms with Gasteiger partial charge in [-0.05, 0) is 36.3 Å². The van der Waals surface area contributed by atoms with Gasteiger partial charge in [0.15, 0.2) is 11.5 Å². The second-order valence-electron chi connectivity index (χ2n) is 8.12. The van der Waals surface area contributed by atoms with Crippen molar-refractivity contribution in [2.24, 2.45) is 0 Å². The number of nitrogens with one attached hydrogen (secondary N) is 1. The zero-order valence-electron chi connectivity index (χ0n) is 18.4. The first-order valence-electron chi connectivity index (χ1n) is 11.1. The number of aromatic nitrogens is 4. The minimum absolute atomic E-state index is 0.678. The molecular formula is C25H24N6O2. The van der Waals surface area contributed by atoms with Crippen molar-refractivity contribution in [2.75, 3.05) is 43.6 Å². The Labute approximate surface area is 191 Å². The van der Waals surface area contributed by atoms with Gasteiger partial charge in [0.1, 0.15) is 5.75 Å². The van der Waals surface area contributed by atoms with E-state index in [4.69, 9.17) is 14.5 Å². The molecule has 0 saturated carbocycles. The Morgan fingerprint density at radius 2 is 2.03 bits per heavy atom. The predicted molar refractivity (Wildman–Crippen MR) is 128 cm³/mol. The number of pyridine rings is 1. The standard InChI is InChI=1S/C25H24N6O2/c1-32-23-14-19(5-6-22(23)30-9-11-33-12-10-30)28-24-25-26-7-8-31(25)16-21(29-24)18-13-17-3-2-4-20(17)27-15-18/h2,4-8,13-16H,3,9-12H2,1H3,(H,28,29). The molecular weight excluding hydrogens is 416 g/mol. The summed E-state index contributed by atoms with van der Waals surface area (Å²) >= 11 is 0. The number of benzene rings is 1. The highest BCUT2D eigenvalue weighted by Gasteiger charge is 2.17. The van der Waals surface area contributed by atoms with Crippen LogP contribution in [0.3, 0.4) is 0 Å². The number of ether oxygens (including phenoxy) is 2. The van der Waals surface area contributed by atoms with Crippen molar-refractivity contribution < 1.29 is 9.47 Å². The topological polar surface area (TPSA) is 76.8 Å². The predicted octanol–water partition coefficient (Wildman–Crippen LogP) is 3.95. The molecule has 1 N–H and O–H groups in total. The number of hydrogen-bond acceptors (Lipinski definition) is 7. The summed E-state index contributed by atoms with van der Waals surface area (Å²) in [5, 5.41) is 3.45. The highest BCUT2D eigenvalue weighted by atomic mass is 16.5. The van der Waals surface area contributed by atoms with Crippen molar-refractivity contribution in [3.8, 4) is 17.0 Å². The molecule has 1 aliphatic carbocycles. The molecule has 6 rings (SSSR count). The van der Waals surface area contributed by atoms with Crippen molar-refractivity contribution in [2.45, 2.75) is 6.42 Å². The smallest absolute Gasteiger partial charge is 0.180 e. The lowest BCUT2D eigenvalue weighted by molar-refractivity contribution is 0.122. The SMILES string of the molecule is COc1cc(Nc2nc(-c3cnc4c(c3)CC=C4)cn3ccnc23)ccc1N1CCOCC1. The molecule has 166 valence electrons. The van der Waals surface area contributed by atoms with Crippen molar-refractivity contribution in [3.63, 3.8) is 0 Å². The molecule has 0 spiro atoms. The number of morpholine rings is 1. The van der Waals surface area contributed by atoms with Crippen molar-refractivity contribution in [3.05, 3.63) is 66.4 Å². The van der Waals surface area contributed by atoms with E-state index in [-0.39, 0.29) is 0 Å². The van der Waals surface area contributed by atoms with Gasteiger partial charge in [0.2, 0.25) is 0 Å². The number of anilines is 3. The molecule has 4 aromatic rings. The largest absolute Gasteiger partial charge is 0.495 e. The fraction of sp³-hybridized carbons (Fsp3) is 0.240. The fourth-order valence-corrected chi connectivity index (χ4v) is 4.38. The summed E-state index contributed by atoms with van der Waals surface area (Å²) in [6.07, 6.45) is 12.7. The van der Waals surface area contributed by atoms with E-state index in [0.717, 1.165) is 72.4 Å². The Morgan fingerprint density at radius 1 is 1.12 bits per heavy atom. The molecule has 33 heavy (non-hydrogen) atoms. The molecule has 1 aliphatic heterocycles. The summed E-state index contributed by atoms with van der Waals surface area (Å²) in [6, 6.07) is 8.29. The van der Waals surface area contributed by atoms with Gasteiger partial charge in [-0.25, -0.2) is 9.97 Å². The van der Waals surface area contributed by atoms with Crippen LogP contribution in [0.1, 0.15) is 11.3 Å². The lowest BCUT2D eigenvalue weighted by Gasteiger charge is -2.30. The van der Waals surface area contributed by atoms with Crippen LogP contribution < -0.4 is 15.0 Å². The molecule has 3 aromatic heterocycles. The van der Waals surface area contributed by atoms with Crippen LogP contribution >= 0.6 is 0 Å². The van der Waals surface area contributed by atoms with Crippen LogP contribution in [-0.2, 0) is 11.2 Å². The van der Waals surface area contributed by atoms with E-state index in [1.165, 1.54) is 5.56 Å². The second-order valence-corrected chi connectivity index (χ2v) is 8.12. The summed E-state index contributed by atoms with van der Waals surface area (Å²) in [6.45, 7) is 3.16. The molecule has 4 heterocycles. The van der Waals surface area contributed by atoms with E-state index in [0.29, 0.717) is 5.82 Å². The second kappa shape index (κ2) is 8.22. The number of imidazole rings is 1. The summed E-state index contributed by atoms with van der Waals surface area (Å²) in [5.41, 5.74) is 6.78. The van der Waals surface area contributed by atoms with Gasteiger partial charge >= 0.3 is 0 Å². The maximum absolute atomic E-state index is 5.71. The van der Waals surface area contributed by atoms with Gasteiger partial charge in [0.25, 0.3) is 0 Å². The van der Waals surface area contributed by atoms with E-state index in [9.17, 15) is 0 Å². The van der Waals surface area contributed by atoms with E-state index >= 15 is 0 Å². The van der Waals surface area contributed by atoms with Crippen LogP contribution in [0.5, 0.6) is 5.75 Å². The Bertz CT molecular complexity index is 1360. The van der Waals surface area contributed by atoms with Gasteiger partial charge in [-0.15, -0.1) is 0 Å². The molecule has 0 atom stereocenters. The van der Waals surface area contributed by atoms with Crippen molar-refractivity contribution >= 4 is 28.9 Å². The van der Waals surface area contributed by atoms with E-state index in [1.54, 1.807) is 13.3 Å². The quantitative estimate of drug-likeness (QED) is 0.504. The summed E-state index contributed by atoms with van der Waals surface area (Å²) in [7, 11) is 1.70. The molecule has 8 heteroatoms. The monoisotopic (exact) mass is 440 g/mol. The average Bonchev–Trinajstić information content (AvgIpc) is 3.53. The van der Waals surface area contributed by atoms with E-state index < -0.39 is 0 Å². The molecule has 1 saturated heterocycles.